The van der Waals surface area contributed by atoms with Crippen molar-refractivity contribution in [1.29, 1.82) is 0 Å². The van der Waals surface area contributed by atoms with E-state index in [1.165, 1.54) is 11.3 Å². The minimum atomic E-state index is -1.24. The highest BCUT2D eigenvalue weighted by molar-refractivity contribution is 7.93. The van der Waals surface area contributed by atoms with Gasteiger partial charge in [-0.3, -0.25) is 4.68 Å². The van der Waals surface area contributed by atoms with Gasteiger partial charge in [-0.05, 0) is 12.0 Å². The molecule has 10 heteroatoms. The molecule has 0 amide bonds. The van der Waals surface area contributed by atoms with E-state index in [1.54, 1.807) is 18.0 Å². The Labute approximate surface area is 175 Å². The molecule has 0 saturated carbocycles. The average Bonchev–Trinajstić information content (AvgIpc) is 3.23. The number of anilines is 1. The monoisotopic (exact) mass is 430 g/mol. The third-order valence-corrected chi connectivity index (χ3v) is 7.41. The Morgan fingerprint density at radius 1 is 1.34 bits per heavy atom. The van der Waals surface area contributed by atoms with Gasteiger partial charge >= 0.3 is 0 Å². The van der Waals surface area contributed by atoms with Gasteiger partial charge in [0.25, 0.3) is 0 Å². The molecule has 1 unspecified atom stereocenters. The second-order valence-electron chi connectivity index (χ2n) is 7.05. The summed E-state index contributed by atoms with van der Waals surface area (Å²) in [5, 5.41) is 6.03. The first-order valence-corrected chi connectivity index (χ1v) is 11.3. The van der Waals surface area contributed by atoms with E-state index in [-0.39, 0.29) is 5.92 Å². The summed E-state index contributed by atoms with van der Waals surface area (Å²) >= 11 is 0.123. The fraction of sp³-hybridized carbons (Fsp3) is 0.368. The second kappa shape index (κ2) is 7.86. The molecule has 8 nitrogen and oxygen atoms in total. The molecular formula is C19H22N6O2S2. The number of nitrogens with zero attached hydrogens (tertiary/aromatic N) is 5. The summed E-state index contributed by atoms with van der Waals surface area (Å²) in [4.78, 5) is 14.7. The third kappa shape index (κ3) is 3.68. The molecule has 0 bridgehead atoms. The van der Waals surface area contributed by atoms with Crippen LogP contribution in [0.1, 0.15) is 25.5 Å². The van der Waals surface area contributed by atoms with Crippen molar-refractivity contribution in [1.82, 2.24) is 24.7 Å². The van der Waals surface area contributed by atoms with E-state index in [0.717, 1.165) is 26.9 Å². The van der Waals surface area contributed by atoms with Crippen LogP contribution in [0.15, 0.2) is 22.7 Å². The van der Waals surface area contributed by atoms with Crippen LogP contribution in [0.4, 0.5) is 5.69 Å². The van der Waals surface area contributed by atoms with Crippen LogP contribution >= 0.6 is 11.3 Å². The van der Waals surface area contributed by atoms with Crippen molar-refractivity contribution in [2.24, 2.45) is 7.05 Å². The molecule has 0 spiro atoms. The molecule has 29 heavy (non-hydrogen) atoms. The molecule has 4 aromatic rings. The molecule has 4 aromatic heterocycles. The normalized spacial score (nSPS) is 13.0. The summed E-state index contributed by atoms with van der Waals surface area (Å²) in [7, 11) is 3.45. The smallest absolute Gasteiger partial charge is 0.232 e. The zero-order valence-electron chi connectivity index (χ0n) is 16.7. The van der Waals surface area contributed by atoms with Crippen molar-refractivity contribution in [2.45, 2.75) is 24.0 Å². The molecule has 0 saturated heterocycles. The number of pyridine rings is 1. The van der Waals surface area contributed by atoms with Gasteiger partial charge in [0.05, 0.1) is 17.7 Å². The highest BCUT2D eigenvalue weighted by Gasteiger charge is 2.26. The fourth-order valence-electron chi connectivity index (χ4n) is 3.15. The summed E-state index contributed by atoms with van der Waals surface area (Å²) in [6, 6.07) is 1.98. The van der Waals surface area contributed by atoms with Gasteiger partial charge in [0.1, 0.15) is 16.3 Å². The van der Waals surface area contributed by atoms with Gasteiger partial charge in [-0.25, -0.2) is 15.0 Å². The van der Waals surface area contributed by atoms with Crippen molar-refractivity contribution in [3.8, 4) is 11.4 Å². The number of thiophene rings is 1. The van der Waals surface area contributed by atoms with E-state index in [0.29, 0.717) is 33.7 Å². The highest BCUT2D eigenvalue weighted by Crippen LogP contribution is 2.40. The van der Waals surface area contributed by atoms with Gasteiger partial charge in [0.2, 0.25) is 4.21 Å². The molecule has 0 radical (unpaired) electrons. The average molecular weight is 431 g/mol. The number of ether oxygens (including phenoxy) is 1. The molecule has 152 valence electrons. The SMILES string of the molecule is COCC[S+]([O-])c1sc2nc(-c3cnc4nn(C)cc4c3)nc(C(C)C)c2c1N. The predicted molar refractivity (Wildman–Crippen MR) is 117 cm³/mol. The lowest BCUT2D eigenvalue weighted by Crippen LogP contribution is -2.11. The van der Waals surface area contributed by atoms with Crippen LogP contribution in [0.25, 0.3) is 32.6 Å². The van der Waals surface area contributed by atoms with Gasteiger partial charge in [0.15, 0.2) is 11.5 Å². The fourth-order valence-corrected chi connectivity index (χ4v) is 5.70. The lowest BCUT2D eigenvalue weighted by atomic mass is 10.1. The number of methoxy groups -OCH3 is 1. The van der Waals surface area contributed by atoms with Gasteiger partial charge in [-0.2, -0.15) is 5.10 Å². The van der Waals surface area contributed by atoms with Crippen molar-refractivity contribution in [3.63, 3.8) is 0 Å². The molecule has 1 atom stereocenters. The topological polar surface area (TPSA) is 115 Å². The third-order valence-electron chi connectivity index (χ3n) is 4.54. The Balaban J connectivity index is 1.87. The van der Waals surface area contributed by atoms with E-state index < -0.39 is 11.2 Å². The Bertz CT molecular complexity index is 1190. The minimum absolute atomic E-state index is 0.131. The van der Waals surface area contributed by atoms with Crippen LogP contribution in [0.5, 0.6) is 0 Å². The number of aromatic nitrogens is 5. The zero-order valence-corrected chi connectivity index (χ0v) is 18.3. The number of nitrogen functional groups attached to an aromatic ring is 1. The Hall–Kier alpha value is -2.27. The van der Waals surface area contributed by atoms with Crippen LogP contribution in [0.3, 0.4) is 0 Å². The van der Waals surface area contributed by atoms with Gasteiger partial charge < -0.3 is 15.0 Å². The minimum Gasteiger partial charge on any atom is -0.611 e. The van der Waals surface area contributed by atoms with Crippen molar-refractivity contribution >= 4 is 49.5 Å². The Morgan fingerprint density at radius 2 is 2.14 bits per heavy atom. The molecule has 0 aliphatic rings. The van der Waals surface area contributed by atoms with Gasteiger partial charge in [-0.1, -0.05) is 25.2 Å². The quantitative estimate of drug-likeness (QED) is 0.467. The first-order chi connectivity index (χ1) is 13.9. The van der Waals surface area contributed by atoms with E-state index in [1.807, 2.05) is 19.3 Å². The van der Waals surface area contributed by atoms with Crippen LogP contribution in [0.2, 0.25) is 0 Å². The standard InChI is InChI=1S/C19H22N6O2S2/c1-10(2)15-13-14(20)19(29(26)6-5-27-4)28-18(13)23-17(22-15)11-7-12-9-25(3)24-16(12)21-8-11/h7-10H,5-6,20H2,1-4H3. The van der Waals surface area contributed by atoms with Crippen LogP contribution < -0.4 is 5.73 Å². The number of aryl methyl sites for hydroxylation is 1. The second-order valence-corrected chi connectivity index (χ2v) is 9.82. The molecule has 2 N–H and O–H groups in total. The number of fused-ring (bicyclic) bond motifs is 2. The number of rotatable bonds is 6. The maximum absolute atomic E-state index is 12.7. The van der Waals surface area contributed by atoms with Crippen LogP contribution in [0, 0.1) is 0 Å². The van der Waals surface area contributed by atoms with E-state index in [9.17, 15) is 4.55 Å². The van der Waals surface area contributed by atoms with E-state index >= 15 is 0 Å². The molecular weight excluding hydrogens is 408 g/mol. The maximum atomic E-state index is 12.7. The van der Waals surface area contributed by atoms with Gasteiger partial charge in [0, 0.05) is 48.7 Å². The maximum Gasteiger partial charge on any atom is 0.232 e. The summed E-state index contributed by atoms with van der Waals surface area (Å²) < 4.78 is 20.1. The lowest BCUT2D eigenvalue weighted by Gasteiger charge is -2.10. The van der Waals surface area contributed by atoms with Crippen LogP contribution in [-0.4, -0.2) is 48.8 Å². The largest absolute Gasteiger partial charge is 0.611 e. The molecule has 0 aliphatic carbocycles. The first-order valence-electron chi connectivity index (χ1n) is 9.16. The molecule has 0 aromatic carbocycles. The zero-order chi connectivity index (χ0) is 20.7. The highest BCUT2D eigenvalue weighted by atomic mass is 32.2. The summed E-state index contributed by atoms with van der Waals surface area (Å²) in [6.07, 6.45) is 3.64. The lowest BCUT2D eigenvalue weighted by molar-refractivity contribution is 0.217. The van der Waals surface area contributed by atoms with Crippen molar-refractivity contribution in [2.75, 3.05) is 25.2 Å². The summed E-state index contributed by atoms with van der Waals surface area (Å²) in [5.41, 5.74) is 9.23. The first kappa shape index (κ1) is 20.0. The number of hydrogen-bond donors (Lipinski definition) is 1. The van der Waals surface area contributed by atoms with Crippen molar-refractivity contribution < 1.29 is 9.29 Å². The number of hydrogen-bond acceptors (Lipinski definition) is 8. The molecule has 4 heterocycles. The van der Waals surface area contributed by atoms with Gasteiger partial charge in [-0.15, -0.1) is 0 Å². The summed E-state index contributed by atoms with van der Waals surface area (Å²) in [6.45, 7) is 4.53. The predicted octanol–water partition coefficient (Wildman–Crippen LogP) is 3.10. The Morgan fingerprint density at radius 3 is 2.86 bits per heavy atom. The van der Waals surface area contributed by atoms with Crippen LogP contribution in [-0.2, 0) is 23.0 Å². The molecule has 0 aliphatic heterocycles. The van der Waals surface area contributed by atoms with E-state index in [2.05, 4.69) is 23.9 Å². The van der Waals surface area contributed by atoms with E-state index in [4.69, 9.17) is 20.4 Å². The summed E-state index contributed by atoms with van der Waals surface area (Å²) in [5.74, 6) is 1.10. The number of nitrogens with two attached hydrogens (primary N) is 1. The Kier molecular flexibility index (Phi) is 5.43. The van der Waals surface area contributed by atoms with Crippen molar-refractivity contribution in [3.05, 3.63) is 24.2 Å². The molecule has 0 fully saturated rings. The molecule has 4 rings (SSSR count).